The van der Waals surface area contributed by atoms with Crippen molar-refractivity contribution in [2.75, 3.05) is 0 Å². The molecule has 1 aliphatic rings. The smallest absolute Gasteiger partial charge is 0.200 e. The quantitative estimate of drug-likeness (QED) is 0.419. The first kappa shape index (κ1) is 11.1. The van der Waals surface area contributed by atoms with Gasteiger partial charge in [-0.2, -0.15) is 0 Å². The molecule has 2 aromatic rings. The van der Waals surface area contributed by atoms with Crippen LogP contribution < -0.4 is 4.74 Å². The molecule has 0 atom stereocenters. The Morgan fingerprint density at radius 1 is 0.750 bits per heavy atom. The van der Waals surface area contributed by atoms with Crippen LogP contribution in [0.1, 0.15) is 13.8 Å². The van der Waals surface area contributed by atoms with Crippen LogP contribution in [0.5, 0.6) is 11.5 Å². The maximum Gasteiger partial charge on any atom is 0.200 e. The van der Waals surface area contributed by atoms with E-state index in [9.17, 15) is 0 Å². The van der Waals surface area contributed by atoms with Gasteiger partial charge in [-0.3, -0.25) is 0 Å². The highest BCUT2D eigenvalue weighted by molar-refractivity contribution is 7.79. The first-order valence-corrected chi connectivity index (χ1v) is 6.40. The van der Waals surface area contributed by atoms with Crippen molar-refractivity contribution in [1.29, 1.82) is 0 Å². The third-order valence-electron chi connectivity index (χ3n) is 2.19. The lowest BCUT2D eigenvalue weighted by atomic mass is 10.3. The summed E-state index contributed by atoms with van der Waals surface area (Å²) in [5.41, 5.74) is 0. The van der Waals surface area contributed by atoms with E-state index >= 15 is 0 Å². The normalized spacial score (nSPS) is 11.4. The van der Waals surface area contributed by atoms with Crippen LogP contribution in [-0.2, 0) is 11.8 Å². The molecule has 0 saturated carbocycles. The van der Waals surface area contributed by atoms with Gasteiger partial charge in [0.2, 0.25) is 9.79 Å². The Kier molecular flexibility index (Phi) is 3.52. The maximum absolute atomic E-state index is 5.77. The van der Waals surface area contributed by atoms with Gasteiger partial charge in [0, 0.05) is 0 Å². The lowest BCUT2D eigenvalue weighted by Gasteiger charge is -2.12. The predicted molar refractivity (Wildman–Crippen MR) is 69.6 cm³/mol. The zero-order valence-corrected chi connectivity index (χ0v) is 10.4. The van der Waals surface area contributed by atoms with E-state index in [1.807, 2.05) is 50.2 Å². The lowest BCUT2D eigenvalue weighted by molar-refractivity contribution is 0.454. The standard InChI is InChI=1S/C12H8OS.C2H6/c1-3-7-11-9(5-1)13-10-6-2-4-8-12(10)14-11;1-2/h1-8H;1-2H3/p+1. The third kappa shape index (κ3) is 2.07. The average molecular weight is 231 g/mol. The number of hydrogen-bond acceptors (Lipinski definition) is 1. The highest BCUT2D eigenvalue weighted by atomic mass is 32.2. The molecule has 0 saturated heterocycles. The summed E-state index contributed by atoms with van der Waals surface area (Å²) in [5, 5.41) is 0. The van der Waals surface area contributed by atoms with Gasteiger partial charge >= 0.3 is 0 Å². The Hall–Kier alpha value is -1.41. The molecular formula is C14H15OS+. The molecule has 3 rings (SSSR count). The van der Waals surface area contributed by atoms with Crippen molar-refractivity contribution in [2.45, 2.75) is 23.6 Å². The van der Waals surface area contributed by atoms with Gasteiger partial charge < -0.3 is 4.74 Å². The molecule has 0 aromatic heterocycles. The Morgan fingerprint density at radius 2 is 1.19 bits per heavy atom. The molecule has 2 aromatic carbocycles. The molecule has 0 radical (unpaired) electrons. The van der Waals surface area contributed by atoms with Crippen molar-refractivity contribution in [1.82, 2.24) is 0 Å². The van der Waals surface area contributed by atoms with E-state index in [1.165, 1.54) is 21.6 Å². The van der Waals surface area contributed by atoms with Gasteiger partial charge in [0.15, 0.2) is 11.5 Å². The maximum atomic E-state index is 5.77. The van der Waals surface area contributed by atoms with E-state index in [0.717, 1.165) is 11.5 Å². The second-order valence-electron chi connectivity index (χ2n) is 3.15. The summed E-state index contributed by atoms with van der Waals surface area (Å²) in [7, 11) is 0. The van der Waals surface area contributed by atoms with Gasteiger partial charge in [-0.05, 0) is 24.3 Å². The molecular weight excluding hydrogens is 216 g/mol. The Morgan fingerprint density at radius 3 is 1.69 bits per heavy atom. The van der Waals surface area contributed by atoms with Crippen LogP contribution in [0, 0.1) is 0 Å². The number of rotatable bonds is 0. The number of fused-ring (bicyclic) bond motifs is 2. The molecule has 0 aliphatic carbocycles. The fourth-order valence-electron chi connectivity index (χ4n) is 1.52. The van der Waals surface area contributed by atoms with Gasteiger partial charge in [-0.15, -0.1) is 0 Å². The predicted octanol–water partition coefficient (Wildman–Crippen LogP) is 4.05. The highest BCUT2D eigenvalue weighted by Crippen LogP contribution is 2.37. The molecule has 1 nitrogen and oxygen atoms in total. The highest BCUT2D eigenvalue weighted by Gasteiger charge is 2.23. The fourth-order valence-corrected chi connectivity index (χ4v) is 2.56. The van der Waals surface area contributed by atoms with E-state index in [2.05, 4.69) is 12.1 Å². The zero-order chi connectivity index (χ0) is 11.4. The number of ether oxygens (including phenoxy) is 1. The van der Waals surface area contributed by atoms with E-state index in [-0.39, 0.29) is 0 Å². The van der Waals surface area contributed by atoms with Crippen LogP contribution in [0.4, 0.5) is 0 Å². The van der Waals surface area contributed by atoms with Crippen LogP contribution in [0.3, 0.4) is 0 Å². The van der Waals surface area contributed by atoms with Crippen LogP contribution >= 0.6 is 0 Å². The van der Waals surface area contributed by atoms with E-state index < -0.39 is 0 Å². The summed E-state index contributed by atoms with van der Waals surface area (Å²) in [6.07, 6.45) is 0. The molecule has 0 amide bonds. The SMILES string of the molecule is CC.c1ccc2c(c1)Oc1ccccc1[SH+]2. The van der Waals surface area contributed by atoms with Crippen molar-refractivity contribution in [2.24, 2.45) is 0 Å². The average Bonchev–Trinajstić information content (AvgIpc) is 2.38. The molecule has 16 heavy (non-hydrogen) atoms. The summed E-state index contributed by atoms with van der Waals surface area (Å²) < 4.78 is 5.77. The lowest BCUT2D eigenvalue weighted by Crippen LogP contribution is -1.99. The zero-order valence-electron chi connectivity index (χ0n) is 9.47. The van der Waals surface area contributed by atoms with Crippen molar-refractivity contribution in [3.8, 4) is 11.5 Å². The summed E-state index contributed by atoms with van der Waals surface area (Å²) >= 11 is 1.24. The number of para-hydroxylation sites is 2. The molecule has 0 fully saturated rings. The monoisotopic (exact) mass is 231 g/mol. The minimum atomic E-state index is 0.980. The molecule has 82 valence electrons. The summed E-state index contributed by atoms with van der Waals surface area (Å²) in [5.74, 6) is 1.96. The summed E-state index contributed by atoms with van der Waals surface area (Å²) in [6.45, 7) is 4.00. The van der Waals surface area contributed by atoms with Crippen LogP contribution in [0.2, 0.25) is 0 Å². The van der Waals surface area contributed by atoms with Crippen LogP contribution in [0.15, 0.2) is 58.3 Å². The van der Waals surface area contributed by atoms with E-state index in [4.69, 9.17) is 4.74 Å². The minimum absolute atomic E-state index is 0.980. The minimum Gasteiger partial charge on any atom is -0.447 e. The van der Waals surface area contributed by atoms with Crippen molar-refractivity contribution in [3.63, 3.8) is 0 Å². The van der Waals surface area contributed by atoms with Gasteiger partial charge in [0.05, 0.1) is 11.8 Å². The van der Waals surface area contributed by atoms with Crippen molar-refractivity contribution in [3.05, 3.63) is 48.5 Å². The van der Waals surface area contributed by atoms with Crippen LogP contribution in [0.25, 0.3) is 0 Å². The number of thiol groups is 1. The van der Waals surface area contributed by atoms with Crippen LogP contribution in [-0.4, -0.2) is 0 Å². The largest absolute Gasteiger partial charge is 0.447 e. The Bertz CT molecular complexity index is 392. The summed E-state index contributed by atoms with van der Waals surface area (Å²) in [4.78, 5) is 2.48. The van der Waals surface area contributed by atoms with E-state index in [0.29, 0.717) is 0 Å². The first-order chi connectivity index (χ1) is 7.93. The molecule has 0 N–H and O–H groups in total. The summed E-state index contributed by atoms with van der Waals surface area (Å²) in [6, 6.07) is 16.3. The molecule has 0 unspecified atom stereocenters. The fraction of sp³-hybridized carbons (Fsp3) is 0.143. The second kappa shape index (κ2) is 5.08. The van der Waals surface area contributed by atoms with Crippen molar-refractivity contribution < 1.29 is 4.74 Å². The third-order valence-corrected chi connectivity index (χ3v) is 3.41. The van der Waals surface area contributed by atoms with Gasteiger partial charge in [0.1, 0.15) is 0 Å². The number of benzene rings is 2. The van der Waals surface area contributed by atoms with Gasteiger partial charge in [-0.25, -0.2) is 0 Å². The molecule has 0 spiro atoms. The Balaban J connectivity index is 0.000000457. The number of hydrogen-bond donors (Lipinski definition) is 0. The molecule has 1 heterocycles. The first-order valence-electron chi connectivity index (χ1n) is 5.51. The molecule has 2 heteroatoms. The molecule has 0 bridgehead atoms. The molecule has 1 aliphatic heterocycles. The van der Waals surface area contributed by atoms with Gasteiger partial charge in [-0.1, -0.05) is 38.1 Å². The van der Waals surface area contributed by atoms with Crippen molar-refractivity contribution >= 4 is 11.8 Å². The van der Waals surface area contributed by atoms with E-state index in [1.54, 1.807) is 0 Å². The second-order valence-corrected chi connectivity index (χ2v) is 4.34. The topological polar surface area (TPSA) is 9.23 Å². The van der Waals surface area contributed by atoms with Gasteiger partial charge in [0.25, 0.3) is 0 Å². The Labute approximate surface area is 100 Å².